The zero-order chi connectivity index (χ0) is 23.8. The molecule has 2 aromatic carbocycles. The quantitative estimate of drug-likeness (QED) is 0.357. The normalized spacial score (nSPS) is 20.9. The van der Waals surface area contributed by atoms with Gasteiger partial charge in [0, 0.05) is 28.4 Å². The molecule has 33 heavy (non-hydrogen) atoms. The zero-order valence-electron chi connectivity index (χ0n) is 20.2. The van der Waals surface area contributed by atoms with Gasteiger partial charge in [0.2, 0.25) is 0 Å². The summed E-state index contributed by atoms with van der Waals surface area (Å²) in [6.45, 7) is 4.60. The summed E-state index contributed by atoms with van der Waals surface area (Å²) < 4.78 is 10.9. The number of hydrogen-bond donors (Lipinski definition) is 1. The Labute approximate surface area is 202 Å². The van der Waals surface area contributed by atoms with Crippen molar-refractivity contribution in [3.05, 3.63) is 65.7 Å². The summed E-state index contributed by atoms with van der Waals surface area (Å²) in [6.07, 6.45) is 8.45. The first-order chi connectivity index (χ1) is 15.9. The van der Waals surface area contributed by atoms with Crippen molar-refractivity contribution in [3.63, 3.8) is 0 Å². The van der Waals surface area contributed by atoms with Crippen LogP contribution >= 0.6 is 11.8 Å². The molecule has 0 radical (unpaired) electrons. The number of aliphatic carboxylic acids is 1. The first-order valence-electron chi connectivity index (χ1n) is 11.8. The smallest absolute Gasteiger partial charge is 0.303 e. The van der Waals surface area contributed by atoms with Gasteiger partial charge < -0.3 is 14.6 Å². The zero-order valence-corrected chi connectivity index (χ0v) is 21.0. The van der Waals surface area contributed by atoms with Crippen LogP contribution in [0.5, 0.6) is 11.5 Å². The number of methoxy groups -OCH3 is 2. The third kappa shape index (κ3) is 5.94. The molecule has 0 amide bonds. The largest absolute Gasteiger partial charge is 0.497 e. The second kappa shape index (κ2) is 11.6. The van der Waals surface area contributed by atoms with Crippen LogP contribution in [0.4, 0.5) is 0 Å². The summed E-state index contributed by atoms with van der Waals surface area (Å²) in [6, 6.07) is 15.0. The van der Waals surface area contributed by atoms with Crippen LogP contribution in [0, 0.1) is 5.92 Å². The third-order valence-corrected chi connectivity index (χ3v) is 8.16. The van der Waals surface area contributed by atoms with Crippen molar-refractivity contribution in [3.8, 4) is 11.5 Å². The molecule has 3 rings (SSSR count). The molecule has 1 aliphatic rings. The average Bonchev–Trinajstić information content (AvgIpc) is 2.83. The van der Waals surface area contributed by atoms with Gasteiger partial charge in [0.25, 0.3) is 0 Å². The van der Waals surface area contributed by atoms with Gasteiger partial charge in [-0.15, -0.1) is 11.8 Å². The van der Waals surface area contributed by atoms with Crippen molar-refractivity contribution in [1.82, 2.24) is 0 Å². The number of carbonyl (C=O) groups is 1. The Hall–Kier alpha value is -2.40. The van der Waals surface area contributed by atoms with E-state index < -0.39 is 5.97 Å². The van der Waals surface area contributed by atoms with Crippen LogP contribution in [-0.2, 0) is 10.2 Å². The number of unbranched alkanes of at least 4 members (excludes halogenated alkanes) is 1. The lowest BCUT2D eigenvalue weighted by atomic mass is 9.63. The summed E-state index contributed by atoms with van der Waals surface area (Å²) in [5.41, 5.74) is 2.59. The molecule has 0 bridgehead atoms. The maximum absolute atomic E-state index is 11.0. The fourth-order valence-electron chi connectivity index (χ4n) is 4.91. The topological polar surface area (TPSA) is 55.8 Å². The van der Waals surface area contributed by atoms with Crippen molar-refractivity contribution in [2.45, 2.75) is 62.2 Å². The number of fused-ring (bicyclic) bond motifs is 1. The minimum absolute atomic E-state index is 0.0753. The second-order valence-corrected chi connectivity index (χ2v) is 10.00. The molecule has 0 saturated heterocycles. The van der Waals surface area contributed by atoms with E-state index in [4.69, 9.17) is 14.6 Å². The van der Waals surface area contributed by atoms with E-state index in [1.165, 1.54) is 16.0 Å². The lowest BCUT2D eigenvalue weighted by molar-refractivity contribution is -0.136. The number of thioether (sulfide) groups is 1. The molecule has 4 nitrogen and oxygen atoms in total. The van der Waals surface area contributed by atoms with E-state index in [0.717, 1.165) is 36.5 Å². The number of allylic oxidation sites excluding steroid dienone is 2. The van der Waals surface area contributed by atoms with Crippen molar-refractivity contribution in [2.75, 3.05) is 20.0 Å². The number of carboxylic acid groups (broad SMARTS) is 1. The lowest BCUT2D eigenvalue weighted by Gasteiger charge is -2.46. The Morgan fingerprint density at radius 3 is 2.52 bits per heavy atom. The first kappa shape index (κ1) is 25.2. The summed E-state index contributed by atoms with van der Waals surface area (Å²) in [7, 11) is 3.41. The molecule has 0 aliphatic carbocycles. The molecular weight excluding hydrogens is 432 g/mol. The summed E-state index contributed by atoms with van der Waals surface area (Å²) in [5.74, 6) is 2.56. The van der Waals surface area contributed by atoms with E-state index in [9.17, 15) is 4.79 Å². The number of ether oxygens (including phenoxy) is 2. The number of rotatable bonds is 11. The van der Waals surface area contributed by atoms with Gasteiger partial charge in [-0.05, 0) is 54.2 Å². The van der Waals surface area contributed by atoms with Crippen LogP contribution in [0.25, 0.3) is 0 Å². The van der Waals surface area contributed by atoms with E-state index in [2.05, 4.69) is 68.5 Å². The minimum Gasteiger partial charge on any atom is -0.497 e. The summed E-state index contributed by atoms with van der Waals surface area (Å²) in [4.78, 5) is 12.3. The van der Waals surface area contributed by atoms with E-state index in [1.54, 1.807) is 14.2 Å². The Bertz CT molecular complexity index is 953. The van der Waals surface area contributed by atoms with E-state index in [0.29, 0.717) is 12.3 Å². The lowest BCUT2D eigenvalue weighted by Crippen LogP contribution is -2.39. The van der Waals surface area contributed by atoms with Gasteiger partial charge in [0.05, 0.1) is 14.2 Å². The highest BCUT2D eigenvalue weighted by molar-refractivity contribution is 7.99. The van der Waals surface area contributed by atoms with Crippen LogP contribution in [0.15, 0.2) is 59.5 Å². The second-order valence-electron chi connectivity index (χ2n) is 8.98. The fraction of sp³-hybridized carbons (Fsp3) is 0.464. The molecule has 0 saturated carbocycles. The molecule has 178 valence electrons. The minimum atomic E-state index is -0.751. The SMILES string of the molecule is CCCCC(/C=C/CCC(=O)O)C1c2ccc(OC)cc2SCC1(C)c1ccc(OC)cc1. The molecule has 3 atom stereocenters. The van der Waals surface area contributed by atoms with Gasteiger partial charge in [0.1, 0.15) is 11.5 Å². The van der Waals surface area contributed by atoms with Gasteiger partial charge in [-0.1, -0.05) is 57.0 Å². The van der Waals surface area contributed by atoms with E-state index >= 15 is 0 Å². The summed E-state index contributed by atoms with van der Waals surface area (Å²) >= 11 is 1.89. The molecular formula is C28H36O4S. The van der Waals surface area contributed by atoms with Crippen molar-refractivity contribution >= 4 is 17.7 Å². The molecule has 3 unspecified atom stereocenters. The standard InChI is InChI=1S/C28H36O4S/c1-5-6-9-20(10-7-8-11-26(29)30)27-24-17-16-23(32-4)18-25(24)33-19-28(27,2)21-12-14-22(31-3)15-13-21/h7,10,12-18,20,27H,5-6,8-9,11,19H2,1-4H3,(H,29,30)/b10-7+. The molecule has 1 aliphatic heterocycles. The van der Waals surface area contributed by atoms with Gasteiger partial charge >= 0.3 is 5.97 Å². The Kier molecular flexibility index (Phi) is 8.90. The van der Waals surface area contributed by atoms with Crippen LogP contribution in [-0.4, -0.2) is 31.0 Å². The van der Waals surface area contributed by atoms with Crippen molar-refractivity contribution in [2.24, 2.45) is 5.92 Å². The Morgan fingerprint density at radius 1 is 1.18 bits per heavy atom. The fourth-order valence-corrected chi connectivity index (χ4v) is 6.28. The average molecular weight is 469 g/mol. The summed E-state index contributed by atoms with van der Waals surface area (Å²) in [5, 5.41) is 9.06. The molecule has 5 heteroatoms. The Balaban J connectivity index is 2.07. The third-order valence-electron chi connectivity index (χ3n) is 6.75. The molecule has 0 spiro atoms. The van der Waals surface area contributed by atoms with Gasteiger partial charge in [-0.3, -0.25) is 4.79 Å². The number of benzene rings is 2. The van der Waals surface area contributed by atoms with Gasteiger partial charge in [-0.2, -0.15) is 0 Å². The number of hydrogen-bond acceptors (Lipinski definition) is 4. The van der Waals surface area contributed by atoms with Crippen LogP contribution in [0.3, 0.4) is 0 Å². The van der Waals surface area contributed by atoms with E-state index in [1.807, 2.05) is 11.8 Å². The first-order valence-corrected chi connectivity index (χ1v) is 12.7. The van der Waals surface area contributed by atoms with E-state index in [-0.39, 0.29) is 17.8 Å². The van der Waals surface area contributed by atoms with Crippen LogP contribution < -0.4 is 9.47 Å². The predicted octanol–water partition coefficient (Wildman–Crippen LogP) is 7.08. The maximum Gasteiger partial charge on any atom is 0.303 e. The van der Waals surface area contributed by atoms with Crippen molar-refractivity contribution < 1.29 is 19.4 Å². The highest BCUT2D eigenvalue weighted by atomic mass is 32.2. The van der Waals surface area contributed by atoms with Crippen LogP contribution in [0.2, 0.25) is 0 Å². The van der Waals surface area contributed by atoms with Gasteiger partial charge in [0.15, 0.2) is 0 Å². The molecule has 0 fully saturated rings. The highest BCUT2D eigenvalue weighted by Crippen LogP contribution is 2.54. The van der Waals surface area contributed by atoms with Gasteiger partial charge in [-0.25, -0.2) is 0 Å². The Morgan fingerprint density at radius 2 is 1.88 bits per heavy atom. The molecule has 1 N–H and O–H groups in total. The number of carboxylic acids is 1. The van der Waals surface area contributed by atoms with Crippen molar-refractivity contribution in [1.29, 1.82) is 0 Å². The molecule has 0 aromatic heterocycles. The maximum atomic E-state index is 11.0. The molecule has 1 heterocycles. The predicted molar refractivity (Wildman–Crippen MR) is 136 cm³/mol. The molecule has 2 aromatic rings. The van der Waals surface area contributed by atoms with Crippen LogP contribution in [0.1, 0.15) is 63.0 Å². The highest BCUT2D eigenvalue weighted by Gasteiger charge is 2.44. The monoisotopic (exact) mass is 468 g/mol.